The van der Waals surface area contributed by atoms with E-state index in [0.29, 0.717) is 0 Å². The predicted octanol–water partition coefficient (Wildman–Crippen LogP) is 4.03. The molecule has 3 nitrogen and oxygen atoms in total. The molecule has 0 aliphatic heterocycles. The Kier molecular flexibility index (Phi) is 6.23. The number of hydrogen-bond donors (Lipinski definition) is 0. The molecular weight excluding hydrogens is 400 g/mol. The van der Waals surface area contributed by atoms with Crippen molar-refractivity contribution in [2.45, 2.75) is 4.90 Å². The minimum Gasteiger partial charge on any atom is -0.744 e. The predicted molar refractivity (Wildman–Crippen MR) is 120 cm³/mol. The number of rotatable bonds is 2. The first-order chi connectivity index (χ1) is 13.6. The highest BCUT2D eigenvalue weighted by Crippen LogP contribution is 2.25. The first kappa shape index (κ1) is 20.9. The number of fused-ring (bicyclic) bond motifs is 2. The average Bonchev–Trinajstić information content (AvgIpc) is 2.73. The molecule has 0 fully saturated rings. The fourth-order valence-corrected chi connectivity index (χ4v) is 3.88. The summed E-state index contributed by atoms with van der Waals surface area (Å²) in [5.74, 6) is 0. The summed E-state index contributed by atoms with van der Waals surface area (Å²) in [7, 11) is -4.25. The van der Waals surface area contributed by atoms with E-state index < -0.39 is 10.1 Å². The van der Waals surface area contributed by atoms with Gasteiger partial charge in [-0.2, -0.15) is 0 Å². The molecule has 0 heterocycles. The summed E-state index contributed by atoms with van der Waals surface area (Å²) in [6, 6.07) is 33.0. The molecule has 0 aromatic heterocycles. The Bertz CT molecular complexity index is 1420. The summed E-state index contributed by atoms with van der Waals surface area (Å²) < 4.78 is 30.8. The molecule has 146 valence electrons. The lowest BCUT2D eigenvalue weighted by atomic mass is 9.94. The molecule has 0 N–H and O–H groups in total. The fraction of sp³-hybridized carbons (Fsp3) is 0. The lowest BCUT2D eigenvalue weighted by Gasteiger charge is -2.10. The van der Waals surface area contributed by atoms with Crippen LogP contribution in [0, 0.1) is 20.9 Å². The van der Waals surface area contributed by atoms with Gasteiger partial charge in [0.25, 0.3) is 0 Å². The quantitative estimate of drug-likeness (QED) is 0.320. The van der Waals surface area contributed by atoms with Crippen LogP contribution in [-0.2, 0) is 23.6 Å². The fourth-order valence-electron chi connectivity index (χ4n) is 3.39. The summed E-state index contributed by atoms with van der Waals surface area (Å²) >= 11 is 0. The van der Waals surface area contributed by atoms with Gasteiger partial charge in [0, 0.05) is 0 Å². The van der Waals surface area contributed by atoms with Crippen molar-refractivity contribution in [2.24, 2.45) is 0 Å². The molecule has 0 amide bonds. The van der Waals surface area contributed by atoms with E-state index in [9.17, 15) is 13.0 Å². The standard InChI is InChI=1S/C18H12.C6H6O3S.H2S/c1-2-7-13(8-3-1)14-11-6-12-17-15-9-4-5-10-16(15)18(14)17;7-10(8,9)6-4-2-1-3-5-6;/h1-12H;1-5H,(H,7,8,9);1H2. The molecule has 4 aromatic carbocycles. The van der Waals surface area contributed by atoms with Crippen molar-refractivity contribution in [3.63, 3.8) is 0 Å². The van der Waals surface area contributed by atoms with E-state index in [2.05, 4.69) is 72.8 Å². The number of benzene rings is 4. The van der Waals surface area contributed by atoms with E-state index in [-0.39, 0.29) is 18.4 Å². The Morgan fingerprint density at radius 2 is 1.07 bits per heavy atom. The van der Waals surface area contributed by atoms with Crippen molar-refractivity contribution < 1.29 is 13.0 Å². The van der Waals surface area contributed by atoms with Crippen LogP contribution < -0.4 is 0 Å². The SMILES string of the molecule is O=S(=O)([O-])c1ccccc1.[SH3+].c1ccc(-c2cccc3c2=c2ccccc2=3)cc1. The highest BCUT2D eigenvalue weighted by atomic mass is 32.2. The maximum atomic E-state index is 10.3. The molecule has 0 spiro atoms. The van der Waals surface area contributed by atoms with Crippen molar-refractivity contribution in [2.75, 3.05) is 0 Å². The molecular formula is C24H20O3S2. The van der Waals surface area contributed by atoms with Crippen LogP contribution in [0.2, 0.25) is 0 Å². The van der Waals surface area contributed by atoms with E-state index in [1.807, 2.05) is 0 Å². The largest absolute Gasteiger partial charge is 0.744 e. The first-order valence-corrected chi connectivity index (χ1v) is 10.3. The van der Waals surface area contributed by atoms with Crippen LogP contribution in [0.5, 0.6) is 0 Å². The molecule has 1 aliphatic carbocycles. The topological polar surface area (TPSA) is 57.2 Å². The van der Waals surface area contributed by atoms with Gasteiger partial charge in [0.1, 0.15) is 10.1 Å². The van der Waals surface area contributed by atoms with E-state index >= 15 is 0 Å². The maximum Gasteiger partial charge on any atom is 0.124 e. The summed E-state index contributed by atoms with van der Waals surface area (Å²) in [4.78, 5) is -0.185. The van der Waals surface area contributed by atoms with Gasteiger partial charge in [-0.05, 0) is 44.1 Å². The second-order valence-electron chi connectivity index (χ2n) is 6.41. The lowest BCUT2D eigenvalue weighted by Crippen LogP contribution is -1.96. The van der Waals surface area contributed by atoms with Gasteiger partial charge in [-0.25, -0.2) is 8.42 Å². The Hall–Kier alpha value is -2.86. The van der Waals surface area contributed by atoms with Gasteiger partial charge in [-0.1, -0.05) is 104 Å². The third-order valence-electron chi connectivity index (χ3n) is 4.67. The van der Waals surface area contributed by atoms with Crippen molar-refractivity contribution in [1.82, 2.24) is 0 Å². The smallest absolute Gasteiger partial charge is 0.124 e. The van der Waals surface area contributed by atoms with E-state index in [1.165, 1.54) is 56.3 Å². The van der Waals surface area contributed by atoms with Crippen molar-refractivity contribution in [3.05, 3.63) is 124 Å². The zero-order valence-electron chi connectivity index (χ0n) is 15.5. The molecule has 5 heteroatoms. The second-order valence-corrected chi connectivity index (χ2v) is 7.79. The number of hydrogen-bond acceptors (Lipinski definition) is 3. The molecule has 1 aliphatic rings. The van der Waals surface area contributed by atoms with Gasteiger partial charge in [0.15, 0.2) is 0 Å². The van der Waals surface area contributed by atoms with E-state index in [0.717, 1.165) is 0 Å². The van der Waals surface area contributed by atoms with E-state index in [4.69, 9.17) is 0 Å². The monoisotopic (exact) mass is 420 g/mol. The van der Waals surface area contributed by atoms with Gasteiger partial charge in [-0.15, -0.1) is 0 Å². The van der Waals surface area contributed by atoms with Gasteiger partial charge in [0.2, 0.25) is 0 Å². The third kappa shape index (κ3) is 4.27. The van der Waals surface area contributed by atoms with E-state index in [1.54, 1.807) is 6.07 Å². The van der Waals surface area contributed by atoms with Crippen LogP contribution in [0.3, 0.4) is 0 Å². The Morgan fingerprint density at radius 1 is 0.552 bits per heavy atom. The summed E-state index contributed by atoms with van der Waals surface area (Å²) in [5.41, 5.74) is 2.63. The minimum atomic E-state index is -4.25. The van der Waals surface area contributed by atoms with Crippen molar-refractivity contribution >= 4 is 23.6 Å². The van der Waals surface area contributed by atoms with Gasteiger partial charge < -0.3 is 4.55 Å². The lowest BCUT2D eigenvalue weighted by molar-refractivity contribution is 0.463. The first-order valence-electron chi connectivity index (χ1n) is 8.85. The van der Waals surface area contributed by atoms with Crippen LogP contribution >= 0.6 is 0 Å². The van der Waals surface area contributed by atoms with Crippen LogP contribution in [0.1, 0.15) is 0 Å². The molecule has 0 atom stereocenters. The van der Waals surface area contributed by atoms with Crippen LogP contribution in [0.15, 0.2) is 108 Å². The second kappa shape index (κ2) is 8.66. The molecule has 0 radical (unpaired) electrons. The molecule has 4 aromatic rings. The molecule has 29 heavy (non-hydrogen) atoms. The van der Waals surface area contributed by atoms with Gasteiger partial charge in [0.05, 0.1) is 4.90 Å². The van der Waals surface area contributed by atoms with Crippen LogP contribution in [0.4, 0.5) is 0 Å². The van der Waals surface area contributed by atoms with Crippen molar-refractivity contribution in [3.8, 4) is 11.1 Å². The normalized spacial score (nSPS) is 10.9. The van der Waals surface area contributed by atoms with Crippen LogP contribution in [0.25, 0.3) is 11.1 Å². The highest BCUT2D eigenvalue weighted by molar-refractivity contribution is 7.85. The molecule has 5 rings (SSSR count). The summed E-state index contributed by atoms with van der Waals surface area (Å²) in [5, 5.41) is 5.54. The van der Waals surface area contributed by atoms with Gasteiger partial charge >= 0.3 is 0 Å². The Balaban J connectivity index is 0.000000189. The minimum absolute atomic E-state index is 0. The zero-order valence-corrected chi connectivity index (χ0v) is 17.5. The van der Waals surface area contributed by atoms with Crippen LogP contribution in [-0.4, -0.2) is 13.0 Å². The summed E-state index contributed by atoms with van der Waals surface area (Å²) in [6.45, 7) is 0. The van der Waals surface area contributed by atoms with Gasteiger partial charge in [-0.3, -0.25) is 0 Å². The summed E-state index contributed by atoms with van der Waals surface area (Å²) in [6.07, 6.45) is 0. The average molecular weight is 421 g/mol. The molecule has 0 bridgehead atoms. The Labute approximate surface area is 176 Å². The van der Waals surface area contributed by atoms with Crippen molar-refractivity contribution in [1.29, 1.82) is 0 Å². The molecule has 0 saturated carbocycles. The zero-order chi connectivity index (χ0) is 19.6. The Morgan fingerprint density at radius 3 is 1.66 bits per heavy atom. The highest BCUT2D eigenvalue weighted by Gasteiger charge is 2.07. The third-order valence-corrected chi connectivity index (χ3v) is 5.52. The maximum absolute atomic E-state index is 10.3. The molecule has 0 unspecified atom stereocenters. The molecule has 0 saturated heterocycles.